The smallest absolute Gasteiger partial charge is 0.324 e. The average Bonchev–Trinajstić information content (AvgIpc) is 2.59. The Morgan fingerprint density at radius 2 is 1.29 bits per heavy atom. The number of halogens is 1. The van der Waals surface area contributed by atoms with E-state index in [9.17, 15) is 9.59 Å². The molecule has 0 amide bonds. The van der Waals surface area contributed by atoms with E-state index in [4.69, 9.17) is 9.47 Å². The van der Waals surface area contributed by atoms with Gasteiger partial charge in [-0.15, -0.1) is 23.7 Å². The van der Waals surface area contributed by atoms with Crippen LogP contribution in [-0.2, 0) is 19.1 Å². The standard InChI is InChI=1S/C19H27BrO4/c1-4-6-8-10-12-14-23-17(21)19(3,16-20)18(22)24-15-13-11-9-7-5-2/h8-16H2,1-3H3. The minimum atomic E-state index is -1.31. The van der Waals surface area contributed by atoms with Gasteiger partial charge in [-0.25, -0.2) is 0 Å². The Hall–Kier alpha value is -1.46. The number of hydrogen-bond acceptors (Lipinski definition) is 4. The van der Waals surface area contributed by atoms with E-state index in [0.717, 1.165) is 38.5 Å². The molecule has 134 valence electrons. The van der Waals surface area contributed by atoms with Crippen LogP contribution in [0.15, 0.2) is 0 Å². The highest BCUT2D eigenvalue weighted by atomic mass is 79.9. The molecule has 0 aliphatic carbocycles. The highest BCUT2D eigenvalue weighted by Crippen LogP contribution is 2.24. The number of carbonyl (C=O) groups is 2. The van der Waals surface area contributed by atoms with Crippen LogP contribution in [0.3, 0.4) is 0 Å². The molecule has 0 unspecified atom stereocenters. The minimum Gasteiger partial charge on any atom is -0.465 e. The van der Waals surface area contributed by atoms with E-state index in [1.54, 1.807) is 13.8 Å². The Kier molecular flexibility index (Phi) is 13.1. The van der Waals surface area contributed by atoms with Crippen LogP contribution in [-0.4, -0.2) is 30.5 Å². The van der Waals surface area contributed by atoms with Crippen molar-refractivity contribution in [3.05, 3.63) is 0 Å². The van der Waals surface area contributed by atoms with Gasteiger partial charge in [-0.1, -0.05) is 15.9 Å². The first kappa shape index (κ1) is 22.5. The summed E-state index contributed by atoms with van der Waals surface area (Å²) in [5, 5.41) is 0.167. The molecule has 0 radical (unpaired) electrons. The van der Waals surface area contributed by atoms with Gasteiger partial charge in [0.15, 0.2) is 5.41 Å². The van der Waals surface area contributed by atoms with Crippen LogP contribution in [0.4, 0.5) is 0 Å². The third kappa shape index (κ3) is 8.99. The summed E-state index contributed by atoms with van der Waals surface area (Å²) in [7, 11) is 0. The van der Waals surface area contributed by atoms with Crippen LogP contribution >= 0.6 is 15.9 Å². The maximum absolute atomic E-state index is 12.2. The van der Waals surface area contributed by atoms with Gasteiger partial charge in [0.1, 0.15) is 0 Å². The largest absolute Gasteiger partial charge is 0.465 e. The summed E-state index contributed by atoms with van der Waals surface area (Å²) >= 11 is 3.22. The molecule has 0 saturated carbocycles. The van der Waals surface area contributed by atoms with Gasteiger partial charge in [-0.3, -0.25) is 9.59 Å². The number of carbonyl (C=O) groups excluding carboxylic acids is 2. The first-order chi connectivity index (χ1) is 11.5. The zero-order valence-electron chi connectivity index (χ0n) is 14.9. The lowest BCUT2D eigenvalue weighted by Crippen LogP contribution is -2.41. The first-order valence-electron chi connectivity index (χ1n) is 8.22. The SMILES string of the molecule is CC#CCCCCOC(=O)C(C)(CBr)C(=O)OCCCCC#CC. The lowest BCUT2D eigenvalue weighted by atomic mass is 9.94. The van der Waals surface area contributed by atoms with E-state index in [1.807, 2.05) is 0 Å². The number of hydrogen-bond donors (Lipinski definition) is 0. The quantitative estimate of drug-likeness (QED) is 0.174. The molecular formula is C19H27BrO4. The van der Waals surface area contributed by atoms with Crippen LogP contribution in [0.25, 0.3) is 0 Å². The summed E-state index contributed by atoms with van der Waals surface area (Å²) in [6.07, 6.45) is 4.76. The van der Waals surface area contributed by atoms with Crippen molar-refractivity contribution in [3.8, 4) is 23.7 Å². The van der Waals surface area contributed by atoms with Gasteiger partial charge in [0.25, 0.3) is 0 Å². The second-order valence-corrected chi connectivity index (χ2v) is 6.07. The molecule has 0 aliphatic rings. The van der Waals surface area contributed by atoms with Gasteiger partial charge in [0, 0.05) is 18.2 Å². The summed E-state index contributed by atoms with van der Waals surface area (Å²) < 4.78 is 10.4. The van der Waals surface area contributed by atoms with E-state index in [1.165, 1.54) is 6.92 Å². The lowest BCUT2D eigenvalue weighted by Gasteiger charge is -2.23. The molecule has 0 atom stereocenters. The fraction of sp³-hybridized carbons (Fsp3) is 0.684. The van der Waals surface area contributed by atoms with Crippen molar-refractivity contribution in [2.45, 2.75) is 59.3 Å². The minimum absolute atomic E-state index is 0.167. The van der Waals surface area contributed by atoms with E-state index in [0.29, 0.717) is 0 Å². The molecule has 4 nitrogen and oxygen atoms in total. The number of unbranched alkanes of at least 4 members (excludes halogenated alkanes) is 4. The molecule has 24 heavy (non-hydrogen) atoms. The molecule has 0 heterocycles. The zero-order chi connectivity index (χ0) is 18.3. The van der Waals surface area contributed by atoms with Crippen molar-refractivity contribution in [2.24, 2.45) is 5.41 Å². The van der Waals surface area contributed by atoms with Crippen LogP contribution in [0.1, 0.15) is 59.3 Å². The van der Waals surface area contributed by atoms with Crippen molar-refractivity contribution in [1.82, 2.24) is 0 Å². The Labute approximate surface area is 154 Å². The Balaban J connectivity index is 4.20. The van der Waals surface area contributed by atoms with Crippen LogP contribution in [0.2, 0.25) is 0 Å². The Morgan fingerprint density at radius 1 is 0.875 bits per heavy atom. The molecule has 0 spiro atoms. The van der Waals surface area contributed by atoms with E-state index in [-0.39, 0.29) is 18.5 Å². The predicted octanol–water partition coefficient (Wildman–Crippen LogP) is 3.86. The summed E-state index contributed by atoms with van der Waals surface area (Å²) in [4.78, 5) is 24.4. The fourth-order valence-corrected chi connectivity index (χ4v) is 2.18. The molecule has 0 fully saturated rings. The van der Waals surface area contributed by atoms with E-state index >= 15 is 0 Å². The van der Waals surface area contributed by atoms with Gasteiger partial charge < -0.3 is 9.47 Å². The van der Waals surface area contributed by atoms with E-state index in [2.05, 4.69) is 39.6 Å². The molecule has 0 bridgehead atoms. The van der Waals surface area contributed by atoms with Crippen molar-refractivity contribution in [1.29, 1.82) is 0 Å². The van der Waals surface area contributed by atoms with Crippen LogP contribution in [0, 0.1) is 29.1 Å². The van der Waals surface area contributed by atoms with Crippen molar-refractivity contribution < 1.29 is 19.1 Å². The summed E-state index contributed by atoms with van der Waals surface area (Å²) in [5.74, 6) is 10.4. The van der Waals surface area contributed by atoms with Gasteiger partial charge in [-0.2, -0.15) is 0 Å². The third-order valence-corrected chi connectivity index (χ3v) is 4.50. The molecule has 0 N–H and O–H groups in total. The molecule has 5 heteroatoms. The highest BCUT2D eigenvalue weighted by Gasteiger charge is 2.43. The van der Waals surface area contributed by atoms with Crippen LogP contribution in [0.5, 0.6) is 0 Å². The molecular weight excluding hydrogens is 372 g/mol. The van der Waals surface area contributed by atoms with Crippen molar-refractivity contribution >= 4 is 27.9 Å². The van der Waals surface area contributed by atoms with E-state index < -0.39 is 17.4 Å². The fourth-order valence-electron chi connectivity index (χ4n) is 1.72. The highest BCUT2D eigenvalue weighted by molar-refractivity contribution is 9.09. The topological polar surface area (TPSA) is 52.6 Å². The van der Waals surface area contributed by atoms with Crippen molar-refractivity contribution in [3.63, 3.8) is 0 Å². The van der Waals surface area contributed by atoms with Gasteiger partial charge in [0.05, 0.1) is 13.2 Å². The Morgan fingerprint density at radius 3 is 1.62 bits per heavy atom. The second-order valence-electron chi connectivity index (χ2n) is 5.51. The monoisotopic (exact) mass is 398 g/mol. The molecule has 0 saturated heterocycles. The first-order valence-corrected chi connectivity index (χ1v) is 9.34. The number of ether oxygens (including phenoxy) is 2. The molecule has 0 aromatic carbocycles. The molecule has 0 aromatic rings. The Bertz CT molecular complexity index is 463. The van der Waals surface area contributed by atoms with Crippen LogP contribution < -0.4 is 0 Å². The van der Waals surface area contributed by atoms with Gasteiger partial charge in [-0.05, 0) is 46.5 Å². The lowest BCUT2D eigenvalue weighted by molar-refractivity contribution is -0.169. The molecule has 0 rings (SSSR count). The normalized spacial score (nSPS) is 10.0. The maximum Gasteiger partial charge on any atom is 0.324 e. The second kappa shape index (κ2) is 13.9. The number of rotatable bonds is 11. The maximum atomic E-state index is 12.2. The summed E-state index contributed by atoms with van der Waals surface area (Å²) in [6, 6.07) is 0. The predicted molar refractivity (Wildman–Crippen MR) is 98.4 cm³/mol. The number of alkyl halides is 1. The summed E-state index contributed by atoms with van der Waals surface area (Å²) in [6.45, 7) is 5.71. The van der Waals surface area contributed by atoms with Crippen molar-refractivity contribution in [2.75, 3.05) is 18.5 Å². The molecule has 0 aliphatic heterocycles. The van der Waals surface area contributed by atoms with Gasteiger partial charge >= 0.3 is 11.9 Å². The third-order valence-electron chi connectivity index (χ3n) is 3.38. The zero-order valence-corrected chi connectivity index (χ0v) is 16.5. The molecule has 0 aromatic heterocycles. The summed E-state index contributed by atoms with van der Waals surface area (Å²) in [5.41, 5.74) is -1.31. The van der Waals surface area contributed by atoms with Gasteiger partial charge in [0.2, 0.25) is 0 Å². The number of esters is 2. The average molecular weight is 399 g/mol.